The standard InChI is InChI=1S/C27H27N3O3/c1-33-23-14-8-11-21(19-23)28-26(32)29-17-15-27(16-18-29)24(20-9-4-2-5-10-20)30(25(27)31)22-12-6-3-7-13-22/h2-14,19,24H,15-18H2,1H3,(H,28,32). The number of methoxy groups -OCH3 is 1. The zero-order valence-corrected chi connectivity index (χ0v) is 18.6. The molecule has 33 heavy (non-hydrogen) atoms. The van der Waals surface area contributed by atoms with Gasteiger partial charge in [-0.3, -0.25) is 4.79 Å². The van der Waals surface area contributed by atoms with Gasteiger partial charge >= 0.3 is 6.03 Å². The summed E-state index contributed by atoms with van der Waals surface area (Å²) in [6.45, 7) is 1.07. The molecule has 2 heterocycles. The smallest absolute Gasteiger partial charge is 0.321 e. The number of hydrogen-bond donors (Lipinski definition) is 1. The maximum atomic E-state index is 13.6. The number of β-lactam (4-membered cyclic amide) rings is 1. The summed E-state index contributed by atoms with van der Waals surface area (Å²) in [6.07, 6.45) is 1.28. The van der Waals surface area contributed by atoms with Crippen molar-refractivity contribution in [1.82, 2.24) is 4.90 Å². The van der Waals surface area contributed by atoms with E-state index in [1.165, 1.54) is 0 Å². The predicted octanol–water partition coefficient (Wildman–Crippen LogP) is 5.10. The van der Waals surface area contributed by atoms with Gasteiger partial charge in [0.15, 0.2) is 0 Å². The quantitative estimate of drug-likeness (QED) is 0.573. The highest BCUT2D eigenvalue weighted by Gasteiger charge is 2.62. The van der Waals surface area contributed by atoms with Gasteiger partial charge in [-0.2, -0.15) is 0 Å². The molecule has 2 aliphatic heterocycles. The highest BCUT2D eigenvalue weighted by Crippen LogP contribution is 2.57. The van der Waals surface area contributed by atoms with Crippen LogP contribution in [0, 0.1) is 5.41 Å². The van der Waals surface area contributed by atoms with Gasteiger partial charge < -0.3 is 19.9 Å². The molecule has 0 aromatic heterocycles. The predicted molar refractivity (Wildman–Crippen MR) is 128 cm³/mol. The minimum absolute atomic E-state index is 0.0304. The van der Waals surface area contributed by atoms with Gasteiger partial charge in [0.1, 0.15) is 5.75 Å². The lowest BCUT2D eigenvalue weighted by Gasteiger charge is -2.59. The minimum atomic E-state index is -0.482. The monoisotopic (exact) mass is 441 g/mol. The number of carbonyl (C=O) groups is 2. The van der Waals surface area contributed by atoms with Crippen molar-refractivity contribution in [3.63, 3.8) is 0 Å². The van der Waals surface area contributed by atoms with Gasteiger partial charge in [0, 0.05) is 30.5 Å². The van der Waals surface area contributed by atoms with E-state index in [0.717, 1.165) is 11.3 Å². The van der Waals surface area contributed by atoms with Gasteiger partial charge in [0.2, 0.25) is 5.91 Å². The number of ether oxygens (including phenoxy) is 1. The Labute approximate surface area is 193 Å². The highest BCUT2D eigenvalue weighted by atomic mass is 16.5. The van der Waals surface area contributed by atoms with Crippen LogP contribution in [0.3, 0.4) is 0 Å². The maximum Gasteiger partial charge on any atom is 0.321 e. The molecule has 0 aliphatic carbocycles. The second kappa shape index (κ2) is 8.62. The first-order chi connectivity index (χ1) is 16.1. The van der Waals surface area contributed by atoms with Gasteiger partial charge in [-0.1, -0.05) is 54.6 Å². The number of piperidine rings is 1. The lowest BCUT2D eigenvalue weighted by molar-refractivity contribution is -0.144. The van der Waals surface area contributed by atoms with E-state index in [2.05, 4.69) is 17.4 Å². The van der Waals surface area contributed by atoms with Crippen molar-refractivity contribution in [2.75, 3.05) is 30.4 Å². The largest absolute Gasteiger partial charge is 0.497 e. The molecule has 3 aromatic rings. The number of nitrogens with zero attached hydrogens (tertiary/aromatic N) is 2. The number of nitrogens with one attached hydrogen (secondary N) is 1. The first-order valence-corrected chi connectivity index (χ1v) is 11.3. The molecule has 0 radical (unpaired) electrons. The average molecular weight is 442 g/mol. The molecule has 1 atom stereocenters. The number of carbonyl (C=O) groups excluding carboxylic acids is 2. The highest BCUT2D eigenvalue weighted by molar-refractivity contribution is 6.06. The first kappa shape index (κ1) is 21.1. The lowest BCUT2D eigenvalue weighted by atomic mass is 9.62. The van der Waals surface area contributed by atoms with Crippen molar-refractivity contribution in [3.05, 3.63) is 90.5 Å². The van der Waals surface area contributed by atoms with E-state index in [4.69, 9.17) is 4.74 Å². The van der Waals surface area contributed by atoms with E-state index >= 15 is 0 Å². The van der Waals surface area contributed by atoms with Crippen LogP contribution in [0.25, 0.3) is 0 Å². The summed E-state index contributed by atoms with van der Waals surface area (Å²) in [4.78, 5) is 30.2. The lowest BCUT2D eigenvalue weighted by Crippen LogP contribution is -2.67. The third-order valence-electron chi connectivity index (χ3n) is 6.84. The van der Waals surface area contributed by atoms with Gasteiger partial charge in [0.05, 0.1) is 18.6 Å². The Kier molecular flexibility index (Phi) is 5.50. The zero-order valence-electron chi connectivity index (χ0n) is 18.6. The number of likely N-dealkylation sites (tertiary alicyclic amines) is 1. The van der Waals surface area contributed by atoms with Crippen LogP contribution in [0.5, 0.6) is 5.75 Å². The summed E-state index contributed by atoms with van der Waals surface area (Å²) in [5, 5.41) is 2.95. The van der Waals surface area contributed by atoms with Crippen molar-refractivity contribution in [2.24, 2.45) is 5.41 Å². The van der Waals surface area contributed by atoms with Crippen LogP contribution in [-0.2, 0) is 4.79 Å². The van der Waals surface area contributed by atoms with Crippen LogP contribution in [0.2, 0.25) is 0 Å². The molecule has 2 fully saturated rings. The van der Waals surface area contributed by atoms with Crippen LogP contribution in [0.15, 0.2) is 84.9 Å². The molecule has 2 saturated heterocycles. The molecule has 1 unspecified atom stereocenters. The fourth-order valence-corrected chi connectivity index (χ4v) is 5.11. The fraction of sp³-hybridized carbons (Fsp3) is 0.259. The zero-order chi connectivity index (χ0) is 22.8. The van der Waals surface area contributed by atoms with E-state index in [1.807, 2.05) is 71.6 Å². The van der Waals surface area contributed by atoms with E-state index in [-0.39, 0.29) is 18.0 Å². The van der Waals surface area contributed by atoms with Crippen LogP contribution >= 0.6 is 0 Å². The molecule has 2 aliphatic rings. The summed E-state index contributed by atoms with van der Waals surface area (Å²) in [6, 6.07) is 27.2. The maximum absolute atomic E-state index is 13.6. The van der Waals surface area contributed by atoms with Crippen molar-refractivity contribution in [1.29, 1.82) is 0 Å². The Bertz CT molecular complexity index is 1140. The van der Waals surface area contributed by atoms with Crippen LogP contribution in [0.1, 0.15) is 24.4 Å². The van der Waals surface area contributed by atoms with E-state index < -0.39 is 5.41 Å². The second-order valence-electron chi connectivity index (χ2n) is 8.63. The molecular formula is C27H27N3O3. The van der Waals surface area contributed by atoms with Crippen LogP contribution in [0.4, 0.5) is 16.2 Å². The van der Waals surface area contributed by atoms with Gasteiger partial charge in [-0.05, 0) is 42.7 Å². The number of hydrogen-bond acceptors (Lipinski definition) is 3. The average Bonchev–Trinajstić information content (AvgIpc) is 2.88. The summed E-state index contributed by atoms with van der Waals surface area (Å²) < 4.78 is 5.24. The number of para-hydroxylation sites is 1. The van der Waals surface area contributed by atoms with Crippen molar-refractivity contribution < 1.29 is 14.3 Å². The van der Waals surface area contributed by atoms with E-state index in [1.54, 1.807) is 18.1 Å². The van der Waals surface area contributed by atoms with Crippen LogP contribution in [-0.4, -0.2) is 37.0 Å². The third kappa shape index (κ3) is 3.71. The number of anilines is 2. The Hall–Kier alpha value is -3.80. The Morgan fingerprint density at radius 2 is 1.61 bits per heavy atom. The summed E-state index contributed by atoms with van der Waals surface area (Å²) in [5.74, 6) is 0.840. The molecular weight excluding hydrogens is 414 g/mol. The Balaban J connectivity index is 1.34. The molecule has 168 valence electrons. The molecule has 5 rings (SSSR count). The molecule has 1 spiro atoms. The second-order valence-corrected chi connectivity index (χ2v) is 8.63. The Morgan fingerprint density at radius 1 is 0.939 bits per heavy atom. The molecule has 0 saturated carbocycles. The first-order valence-electron chi connectivity index (χ1n) is 11.3. The molecule has 6 heteroatoms. The number of benzene rings is 3. The molecule has 6 nitrogen and oxygen atoms in total. The van der Waals surface area contributed by atoms with Gasteiger partial charge in [-0.15, -0.1) is 0 Å². The topological polar surface area (TPSA) is 61.9 Å². The normalized spacial score (nSPS) is 19.2. The van der Waals surface area contributed by atoms with Crippen molar-refractivity contribution in [3.8, 4) is 5.75 Å². The molecule has 0 bridgehead atoms. The molecule has 1 N–H and O–H groups in total. The van der Waals surface area contributed by atoms with Crippen LogP contribution < -0.4 is 15.0 Å². The molecule has 3 aromatic carbocycles. The van der Waals surface area contributed by atoms with Gasteiger partial charge in [0.25, 0.3) is 0 Å². The number of amides is 3. The third-order valence-corrected chi connectivity index (χ3v) is 6.84. The SMILES string of the molecule is COc1cccc(NC(=O)N2CCC3(CC2)C(=O)N(c2ccccc2)C3c2ccccc2)c1. The summed E-state index contributed by atoms with van der Waals surface area (Å²) in [7, 11) is 1.60. The molecule has 3 amide bonds. The fourth-order valence-electron chi connectivity index (χ4n) is 5.11. The van der Waals surface area contributed by atoms with Gasteiger partial charge in [-0.25, -0.2) is 4.79 Å². The van der Waals surface area contributed by atoms with Crippen molar-refractivity contribution >= 4 is 23.3 Å². The minimum Gasteiger partial charge on any atom is -0.497 e. The summed E-state index contributed by atoms with van der Waals surface area (Å²) in [5.41, 5.74) is 2.26. The van der Waals surface area contributed by atoms with E-state index in [0.29, 0.717) is 37.4 Å². The van der Waals surface area contributed by atoms with E-state index in [9.17, 15) is 9.59 Å². The number of urea groups is 1. The Morgan fingerprint density at radius 3 is 2.27 bits per heavy atom. The number of rotatable bonds is 4. The summed E-state index contributed by atoms with van der Waals surface area (Å²) >= 11 is 0. The van der Waals surface area contributed by atoms with Crippen molar-refractivity contribution in [2.45, 2.75) is 18.9 Å².